The standard InChI is InChI=1S/C22H25FN2O4S/c1-3-6-16(29-14(2)23)13-25(28)21(26)12-24-22(27)15-9-10-18-17-7-4-5-8-19(17)30-20(18)11-15/h4-5,7-11,14,16,28H,3,6,12-13H2,1-2H3,(H,24,27)/t14?,16-/m1/s1. The molecule has 0 aliphatic carbocycles. The summed E-state index contributed by atoms with van der Waals surface area (Å²) in [5.74, 6) is -1.10. The molecule has 2 N–H and O–H groups in total. The molecule has 1 unspecified atom stereocenters. The Kier molecular flexibility index (Phi) is 7.36. The summed E-state index contributed by atoms with van der Waals surface area (Å²) < 4.78 is 20.3. The van der Waals surface area contributed by atoms with Crippen LogP contribution in [-0.4, -0.2) is 47.6 Å². The third-order valence-electron chi connectivity index (χ3n) is 4.70. The molecule has 1 heterocycles. The summed E-state index contributed by atoms with van der Waals surface area (Å²) in [4.78, 5) is 24.6. The maximum atomic E-state index is 13.1. The number of thiophene rings is 1. The zero-order chi connectivity index (χ0) is 21.7. The van der Waals surface area contributed by atoms with Crippen LogP contribution in [0.25, 0.3) is 20.2 Å². The number of hydrogen-bond acceptors (Lipinski definition) is 5. The van der Waals surface area contributed by atoms with E-state index in [4.69, 9.17) is 4.74 Å². The van der Waals surface area contributed by atoms with Crippen LogP contribution in [-0.2, 0) is 9.53 Å². The first-order valence-electron chi connectivity index (χ1n) is 9.87. The molecule has 160 valence electrons. The molecular formula is C22H25FN2O4S. The van der Waals surface area contributed by atoms with Crippen molar-refractivity contribution in [3.05, 3.63) is 48.0 Å². The Morgan fingerprint density at radius 2 is 1.93 bits per heavy atom. The summed E-state index contributed by atoms with van der Waals surface area (Å²) in [5.41, 5.74) is 0.435. The Hall–Kier alpha value is -2.55. The molecule has 2 aromatic carbocycles. The fraction of sp³-hybridized carbons (Fsp3) is 0.364. The molecule has 0 radical (unpaired) electrons. The van der Waals surface area contributed by atoms with Gasteiger partial charge in [0.15, 0.2) is 6.36 Å². The zero-order valence-corrected chi connectivity index (χ0v) is 17.7. The number of ether oxygens (including phenoxy) is 1. The van der Waals surface area contributed by atoms with Crippen LogP contribution in [0.1, 0.15) is 37.0 Å². The maximum absolute atomic E-state index is 13.1. The number of fused-ring (bicyclic) bond motifs is 3. The minimum atomic E-state index is -1.49. The molecule has 30 heavy (non-hydrogen) atoms. The number of benzene rings is 2. The highest BCUT2D eigenvalue weighted by atomic mass is 32.1. The van der Waals surface area contributed by atoms with Crippen LogP contribution in [0.4, 0.5) is 4.39 Å². The molecule has 2 amide bonds. The number of halogens is 1. The lowest BCUT2D eigenvalue weighted by molar-refractivity contribution is -0.178. The Morgan fingerprint density at radius 1 is 1.20 bits per heavy atom. The monoisotopic (exact) mass is 432 g/mol. The molecule has 2 atom stereocenters. The SMILES string of the molecule is CCC[C@H](CN(O)C(=O)CNC(=O)c1ccc2c(c1)sc1ccccc12)OC(C)F. The number of alkyl halides is 1. The number of hydrogen-bond donors (Lipinski definition) is 2. The summed E-state index contributed by atoms with van der Waals surface area (Å²) in [7, 11) is 0. The Balaban J connectivity index is 1.60. The zero-order valence-electron chi connectivity index (χ0n) is 16.9. The van der Waals surface area contributed by atoms with E-state index >= 15 is 0 Å². The second kappa shape index (κ2) is 9.97. The fourth-order valence-corrected chi connectivity index (χ4v) is 4.45. The van der Waals surface area contributed by atoms with Crippen molar-refractivity contribution < 1.29 is 23.9 Å². The van der Waals surface area contributed by atoms with Crippen LogP contribution in [0.3, 0.4) is 0 Å². The average molecular weight is 433 g/mol. The molecule has 0 saturated carbocycles. The van der Waals surface area contributed by atoms with Crippen molar-refractivity contribution in [1.29, 1.82) is 0 Å². The van der Waals surface area contributed by atoms with Gasteiger partial charge in [0.1, 0.15) is 0 Å². The first kappa shape index (κ1) is 22.1. The molecule has 0 bridgehead atoms. The first-order chi connectivity index (χ1) is 14.4. The fourth-order valence-electron chi connectivity index (χ4n) is 3.30. The largest absolute Gasteiger partial charge is 0.343 e. The van der Waals surface area contributed by atoms with Crippen molar-refractivity contribution >= 4 is 43.3 Å². The average Bonchev–Trinajstić information content (AvgIpc) is 3.09. The van der Waals surface area contributed by atoms with Crippen molar-refractivity contribution in [3.8, 4) is 0 Å². The molecule has 3 aromatic rings. The molecule has 3 rings (SSSR count). The van der Waals surface area contributed by atoms with Gasteiger partial charge in [0.05, 0.1) is 19.2 Å². The van der Waals surface area contributed by atoms with Crippen LogP contribution in [0, 0.1) is 0 Å². The Morgan fingerprint density at radius 3 is 2.67 bits per heavy atom. The first-order valence-corrected chi connectivity index (χ1v) is 10.7. The van der Waals surface area contributed by atoms with E-state index < -0.39 is 24.3 Å². The predicted molar refractivity (Wildman–Crippen MR) is 116 cm³/mol. The summed E-state index contributed by atoms with van der Waals surface area (Å²) in [6.45, 7) is 2.62. The summed E-state index contributed by atoms with van der Waals surface area (Å²) in [6.07, 6.45) is -0.889. The molecule has 0 spiro atoms. The second-order valence-corrected chi connectivity index (χ2v) is 8.14. The van der Waals surface area contributed by atoms with Crippen LogP contribution in [0.2, 0.25) is 0 Å². The van der Waals surface area contributed by atoms with Crippen molar-refractivity contribution in [2.24, 2.45) is 0 Å². The van der Waals surface area contributed by atoms with Crippen LogP contribution in [0.5, 0.6) is 0 Å². The predicted octanol–water partition coefficient (Wildman–Crippen LogP) is 4.50. The van der Waals surface area contributed by atoms with Gasteiger partial charge in [-0.25, -0.2) is 9.45 Å². The number of nitrogens with zero attached hydrogens (tertiary/aromatic N) is 1. The number of carbonyl (C=O) groups is 2. The van der Waals surface area contributed by atoms with Crippen molar-refractivity contribution in [2.75, 3.05) is 13.1 Å². The lowest BCUT2D eigenvalue weighted by Gasteiger charge is -2.23. The van der Waals surface area contributed by atoms with E-state index in [9.17, 15) is 19.2 Å². The van der Waals surface area contributed by atoms with Crippen molar-refractivity contribution in [1.82, 2.24) is 10.4 Å². The molecule has 0 saturated heterocycles. The van der Waals surface area contributed by atoms with E-state index in [2.05, 4.69) is 5.32 Å². The molecule has 6 nitrogen and oxygen atoms in total. The highest BCUT2D eigenvalue weighted by Crippen LogP contribution is 2.34. The molecule has 1 aromatic heterocycles. The quantitative estimate of drug-likeness (QED) is 0.385. The van der Waals surface area contributed by atoms with Gasteiger partial charge in [-0.3, -0.25) is 14.8 Å². The third kappa shape index (κ3) is 5.33. The summed E-state index contributed by atoms with van der Waals surface area (Å²) in [5, 5.41) is 15.2. The lowest BCUT2D eigenvalue weighted by atomic mass is 10.1. The molecule has 8 heteroatoms. The van der Waals surface area contributed by atoms with Gasteiger partial charge in [-0.15, -0.1) is 11.3 Å². The molecule has 0 aliphatic rings. The highest BCUT2D eigenvalue weighted by molar-refractivity contribution is 7.25. The Labute approximate surface area is 178 Å². The number of amides is 2. The van der Waals surface area contributed by atoms with E-state index in [0.717, 1.165) is 26.6 Å². The van der Waals surface area contributed by atoms with Crippen molar-refractivity contribution in [3.63, 3.8) is 0 Å². The van der Waals surface area contributed by atoms with Gasteiger partial charge in [-0.1, -0.05) is 37.6 Å². The Bertz CT molecular complexity index is 1040. The van der Waals surface area contributed by atoms with Crippen LogP contribution < -0.4 is 5.32 Å². The van der Waals surface area contributed by atoms with Gasteiger partial charge in [-0.05, 0) is 31.5 Å². The lowest BCUT2D eigenvalue weighted by Crippen LogP contribution is -2.42. The van der Waals surface area contributed by atoms with Gasteiger partial charge in [0, 0.05) is 25.7 Å². The summed E-state index contributed by atoms with van der Waals surface area (Å²) in [6, 6.07) is 13.4. The maximum Gasteiger partial charge on any atom is 0.265 e. The van der Waals surface area contributed by atoms with Crippen LogP contribution in [0.15, 0.2) is 42.5 Å². The van der Waals surface area contributed by atoms with E-state index in [1.54, 1.807) is 23.5 Å². The summed E-state index contributed by atoms with van der Waals surface area (Å²) >= 11 is 1.60. The van der Waals surface area contributed by atoms with Gasteiger partial charge in [0.2, 0.25) is 0 Å². The van der Waals surface area contributed by atoms with E-state index in [1.807, 2.05) is 37.3 Å². The molecule has 0 aliphatic heterocycles. The minimum absolute atomic E-state index is 0.162. The van der Waals surface area contributed by atoms with Crippen LogP contribution >= 0.6 is 11.3 Å². The van der Waals surface area contributed by atoms with E-state index in [1.165, 1.54) is 6.92 Å². The van der Waals surface area contributed by atoms with Gasteiger partial charge < -0.3 is 10.1 Å². The molecular weight excluding hydrogens is 407 g/mol. The smallest absolute Gasteiger partial charge is 0.265 e. The van der Waals surface area contributed by atoms with E-state index in [0.29, 0.717) is 17.0 Å². The number of hydroxylamine groups is 2. The topological polar surface area (TPSA) is 78.9 Å². The highest BCUT2D eigenvalue weighted by Gasteiger charge is 2.20. The second-order valence-electron chi connectivity index (χ2n) is 7.06. The van der Waals surface area contributed by atoms with Gasteiger partial charge in [0.25, 0.3) is 11.8 Å². The van der Waals surface area contributed by atoms with Gasteiger partial charge in [-0.2, -0.15) is 0 Å². The number of carbonyl (C=O) groups excluding carboxylic acids is 2. The van der Waals surface area contributed by atoms with E-state index in [-0.39, 0.29) is 13.1 Å². The van der Waals surface area contributed by atoms with Crippen molar-refractivity contribution in [2.45, 2.75) is 39.2 Å². The number of nitrogens with one attached hydrogen (secondary N) is 1. The molecule has 0 fully saturated rings. The third-order valence-corrected chi connectivity index (χ3v) is 5.83. The van der Waals surface area contributed by atoms with Gasteiger partial charge >= 0.3 is 0 Å². The normalized spacial score (nSPS) is 13.3. The number of rotatable bonds is 9. The minimum Gasteiger partial charge on any atom is -0.343 e.